The molecule has 1 fully saturated rings. The Morgan fingerprint density at radius 3 is 2.17 bits per heavy atom. The van der Waals surface area contributed by atoms with Crippen LogP contribution in [-0.2, 0) is 27.7 Å². The first kappa shape index (κ1) is 21.0. The van der Waals surface area contributed by atoms with Crippen molar-refractivity contribution in [3.63, 3.8) is 0 Å². The van der Waals surface area contributed by atoms with Gasteiger partial charge in [-0.05, 0) is 0 Å². The summed E-state index contributed by atoms with van der Waals surface area (Å²) in [5, 5.41) is 3.39. The van der Waals surface area contributed by atoms with E-state index in [1.807, 2.05) is 9.76 Å². The van der Waals surface area contributed by atoms with Crippen LogP contribution in [0.4, 0.5) is 0 Å². The summed E-state index contributed by atoms with van der Waals surface area (Å²) in [5.41, 5.74) is 6.42. The average Bonchev–Trinajstić information content (AvgIpc) is 3.21. The summed E-state index contributed by atoms with van der Waals surface area (Å²) in [6.07, 6.45) is 12.4. The van der Waals surface area contributed by atoms with Crippen LogP contribution in [0.2, 0.25) is 39.3 Å². The van der Waals surface area contributed by atoms with E-state index in [1.165, 1.54) is 31.2 Å². The molecule has 0 N–H and O–H groups in total. The fourth-order valence-electron chi connectivity index (χ4n) is 5.16. The van der Waals surface area contributed by atoms with Gasteiger partial charge in [-0.3, -0.25) is 0 Å². The van der Waals surface area contributed by atoms with Crippen LogP contribution in [0.1, 0.15) is 30.4 Å². The molecule has 0 spiro atoms. The van der Waals surface area contributed by atoms with Crippen molar-refractivity contribution in [1.82, 2.24) is 0 Å². The normalized spacial score (nSPS) is 17.1. The van der Waals surface area contributed by atoms with Crippen LogP contribution in [0.25, 0.3) is 11.1 Å². The van der Waals surface area contributed by atoms with Gasteiger partial charge in [0.05, 0.1) is 0 Å². The summed E-state index contributed by atoms with van der Waals surface area (Å²) >= 11 is -1.94. The van der Waals surface area contributed by atoms with Gasteiger partial charge in [0, 0.05) is 0 Å². The van der Waals surface area contributed by atoms with E-state index < -0.39 is 37.4 Å². The molecule has 0 aliphatic heterocycles. The Labute approximate surface area is 192 Å². The fourth-order valence-corrected chi connectivity index (χ4v) is 19.2. The van der Waals surface area contributed by atoms with Gasteiger partial charge in [0.1, 0.15) is 0 Å². The molecule has 3 heteroatoms. The molecule has 0 amide bonds. The summed E-state index contributed by atoms with van der Waals surface area (Å²) in [7, 11) is -2.69. The predicted molar refractivity (Wildman–Crippen MR) is 136 cm³/mol. The van der Waals surface area contributed by atoms with Crippen LogP contribution in [-0.4, -0.2) is 19.4 Å². The van der Waals surface area contributed by atoms with E-state index in [0.717, 1.165) is 0 Å². The SMILES string of the molecule is C[Si](C)(C)c1ccc2c(c1)Cc1c-2ccc([Si](C)(C)C)[c]1[Zr]([C]1=CC=CC1)=[C]1CC1. The molecule has 3 aliphatic carbocycles. The zero-order valence-electron chi connectivity index (χ0n) is 19.4. The molecule has 2 aromatic rings. The van der Waals surface area contributed by atoms with Crippen LogP contribution in [0.3, 0.4) is 0 Å². The monoisotopic (exact) mass is 504 g/mol. The van der Waals surface area contributed by atoms with Crippen LogP contribution in [0, 0.1) is 0 Å². The number of hydrogen-bond donors (Lipinski definition) is 0. The van der Waals surface area contributed by atoms with Crippen molar-refractivity contribution in [3.8, 4) is 11.1 Å². The van der Waals surface area contributed by atoms with Crippen molar-refractivity contribution >= 4 is 33.0 Å². The third-order valence-corrected chi connectivity index (χ3v) is 19.7. The zero-order chi connectivity index (χ0) is 21.3. The third kappa shape index (κ3) is 3.65. The van der Waals surface area contributed by atoms with E-state index in [1.54, 1.807) is 27.1 Å². The van der Waals surface area contributed by atoms with Gasteiger partial charge in [0.2, 0.25) is 0 Å². The van der Waals surface area contributed by atoms with Gasteiger partial charge in [-0.2, -0.15) is 0 Å². The molecule has 2 aromatic carbocycles. The van der Waals surface area contributed by atoms with Gasteiger partial charge in [-0.25, -0.2) is 0 Å². The summed E-state index contributed by atoms with van der Waals surface area (Å²) in [6.45, 7) is 15.1. The Kier molecular flexibility index (Phi) is 5.12. The summed E-state index contributed by atoms with van der Waals surface area (Å²) in [4.78, 5) is 0. The topological polar surface area (TPSA) is 0 Å². The van der Waals surface area contributed by atoms with Gasteiger partial charge in [-0.15, -0.1) is 0 Å². The van der Waals surface area contributed by atoms with Crippen molar-refractivity contribution < 1.29 is 21.3 Å². The molecular weight excluding hydrogens is 472 g/mol. The summed E-state index contributed by atoms with van der Waals surface area (Å²) in [5.74, 6) is 0. The number of benzene rings is 2. The Balaban J connectivity index is 1.73. The van der Waals surface area contributed by atoms with Crippen molar-refractivity contribution in [3.05, 3.63) is 63.0 Å². The molecule has 0 nitrogen and oxygen atoms in total. The van der Waals surface area contributed by atoms with Gasteiger partial charge < -0.3 is 0 Å². The Morgan fingerprint density at radius 2 is 1.57 bits per heavy atom. The molecule has 0 unspecified atom stereocenters. The van der Waals surface area contributed by atoms with Crippen LogP contribution in [0.15, 0.2) is 51.8 Å². The predicted octanol–water partition coefficient (Wildman–Crippen LogP) is 5.40. The molecular formula is C27H34Si2Zr. The Morgan fingerprint density at radius 1 is 0.833 bits per heavy atom. The third-order valence-electron chi connectivity index (χ3n) is 6.95. The zero-order valence-corrected chi connectivity index (χ0v) is 23.9. The van der Waals surface area contributed by atoms with E-state index in [4.69, 9.17) is 0 Å². The molecule has 0 bridgehead atoms. The van der Waals surface area contributed by atoms with E-state index in [-0.39, 0.29) is 0 Å². The van der Waals surface area contributed by atoms with Gasteiger partial charge >= 0.3 is 193 Å². The molecule has 154 valence electrons. The first-order chi connectivity index (χ1) is 14.1. The van der Waals surface area contributed by atoms with Gasteiger partial charge in [-0.1, -0.05) is 0 Å². The molecule has 0 atom stereocenters. The van der Waals surface area contributed by atoms with Crippen LogP contribution in [0.5, 0.6) is 0 Å². The van der Waals surface area contributed by atoms with Crippen LogP contribution < -0.4 is 13.6 Å². The molecule has 5 rings (SSSR count). The first-order valence-corrected chi connectivity index (χ1v) is 22.2. The van der Waals surface area contributed by atoms with Crippen molar-refractivity contribution in [2.45, 2.75) is 65.0 Å². The van der Waals surface area contributed by atoms with Gasteiger partial charge in [0.15, 0.2) is 0 Å². The first-order valence-electron chi connectivity index (χ1n) is 11.5. The molecule has 0 saturated heterocycles. The van der Waals surface area contributed by atoms with Crippen molar-refractivity contribution in [1.29, 1.82) is 0 Å². The Hall–Kier alpha value is -0.893. The van der Waals surface area contributed by atoms with E-state index in [0.29, 0.717) is 0 Å². The molecule has 0 aromatic heterocycles. The van der Waals surface area contributed by atoms with Crippen molar-refractivity contribution in [2.24, 2.45) is 0 Å². The number of rotatable bonds is 4. The second-order valence-corrected chi connectivity index (χ2v) is 27.9. The van der Waals surface area contributed by atoms with Crippen molar-refractivity contribution in [2.75, 3.05) is 0 Å². The summed E-state index contributed by atoms with van der Waals surface area (Å²) < 4.78 is 5.71. The average molecular weight is 506 g/mol. The standard InChI is InChI=1S/C19H25Si2.C5H5.C3H4.Zr/c1-20(2,3)16-7-9-18-14(12-16)11-15-13-17(21(4,5)6)8-10-19(15)18;1-2-4-5-3-1;1-2-3-1;/h7-10,12H,11H2,1-6H3;1-3H,4H2;1-2H2;. The minimum absolute atomic E-state index is 1.18. The fraction of sp³-hybridized carbons (Fsp3) is 0.370. The second kappa shape index (κ2) is 7.32. The number of fused-ring (bicyclic) bond motifs is 3. The quantitative estimate of drug-likeness (QED) is 0.416. The molecule has 0 radical (unpaired) electrons. The molecule has 1 saturated carbocycles. The number of hydrogen-bond acceptors (Lipinski definition) is 0. The maximum absolute atomic E-state index is 2.57. The molecule has 0 heterocycles. The minimum atomic E-state index is -1.94. The number of allylic oxidation sites excluding steroid dienone is 4. The molecule has 30 heavy (non-hydrogen) atoms. The Bertz CT molecular complexity index is 1140. The second-order valence-electron chi connectivity index (χ2n) is 11.4. The van der Waals surface area contributed by atoms with E-state index in [2.05, 4.69) is 87.8 Å². The van der Waals surface area contributed by atoms with Gasteiger partial charge in [0.25, 0.3) is 0 Å². The maximum atomic E-state index is 2.57. The summed E-state index contributed by atoms with van der Waals surface area (Å²) in [6, 6.07) is 12.5. The van der Waals surface area contributed by atoms with E-state index >= 15 is 0 Å². The molecule has 3 aliphatic rings. The van der Waals surface area contributed by atoms with E-state index in [9.17, 15) is 0 Å². The van der Waals surface area contributed by atoms with Crippen LogP contribution >= 0.6 is 0 Å².